The second kappa shape index (κ2) is 7.52. The lowest BCUT2D eigenvalue weighted by Gasteiger charge is -2.15. The van der Waals surface area contributed by atoms with Gasteiger partial charge in [0.05, 0.1) is 30.2 Å². The quantitative estimate of drug-likeness (QED) is 0.638. The van der Waals surface area contributed by atoms with Crippen molar-refractivity contribution in [2.24, 2.45) is 0 Å². The summed E-state index contributed by atoms with van der Waals surface area (Å²) in [4.78, 5) is 22.4. The summed E-state index contributed by atoms with van der Waals surface area (Å²) in [6.07, 6.45) is 10.8. The van der Waals surface area contributed by atoms with Gasteiger partial charge in [-0.15, -0.1) is 5.10 Å². The third kappa shape index (κ3) is 3.78. The Balaban J connectivity index is 1.35. The summed E-state index contributed by atoms with van der Waals surface area (Å²) in [6.45, 7) is 4.29. The summed E-state index contributed by atoms with van der Waals surface area (Å²) >= 11 is 0. The first-order valence-corrected chi connectivity index (χ1v) is 8.84. The zero-order valence-corrected chi connectivity index (χ0v) is 15.0. The number of ether oxygens (including phenoxy) is 1. The highest BCUT2D eigenvalue weighted by Crippen LogP contribution is 2.22. The fourth-order valence-corrected chi connectivity index (χ4v) is 3.04. The van der Waals surface area contributed by atoms with Crippen molar-refractivity contribution in [3.05, 3.63) is 48.4 Å². The van der Waals surface area contributed by atoms with Gasteiger partial charge in [-0.05, 0) is 13.3 Å². The lowest BCUT2D eigenvalue weighted by molar-refractivity contribution is 0.0787. The molecule has 0 aromatic carbocycles. The minimum absolute atomic E-state index is 0.00326. The van der Waals surface area contributed by atoms with Crippen molar-refractivity contribution in [1.82, 2.24) is 39.6 Å². The van der Waals surface area contributed by atoms with Crippen molar-refractivity contribution in [2.75, 3.05) is 13.1 Å². The van der Waals surface area contributed by atoms with Crippen molar-refractivity contribution < 1.29 is 9.53 Å². The summed E-state index contributed by atoms with van der Waals surface area (Å²) in [5, 5.41) is 12.5. The fourth-order valence-electron chi connectivity index (χ4n) is 3.04. The van der Waals surface area contributed by atoms with Crippen LogP contribution in [0.25, 0.3) is 0 Å². The van der Waals surface area contributed by atoms with Crippen molar-refractivity contribution in [3.63, 3.8) is 0 Å². The first-order valence-electron chi connectivity index (χ1n) is 8.84. The predicted octanol–water partition coefficient (Wildman–Crippen LogP) is 0.951. The Kier molecular flexibility index (Phi) is 4.77. The van der Waals surface area contributed by atoms with Gasteiger partial charge >= 0.3 is 0 Å². The summed E-state index contributed by atoms with van der Waals surface area (Å²) in [6, 6.07) is 0.105. The minimum Gasteiger partial charge on any atom is -0.470 e. The standard InChI is InChI=1S/C17H20N8O2/c1-2-24-9-13(7-20-24)17(26)23-6-3-15(11-23)25-10-14(21-22-25)12-27-16-8-18-4-5-19-16/h4-5,7-10,15H,2-3,6,11-12H2,1H3. The van der Waals surface area contributed by atoms with Crippen LogP contribution >= 0.6 is 0 Å². The maximum absolute atomic E-state index is 12.6. The first-order chi connectivity index (χ1) is 13.2. The van der Waals surface area contributed by atoms with Crippen molar-refractivity contribution in [2.45, 2.75) is 32.5 Å². The smallest absolute Gasteiger partial charge is 0.257 e. The molecule has 0 spiro atoms. The van der Waals surface area contributed by atoms with E-state index >= 15 is 0 Å². The number of likely N-dealkylation sites (tertiary alicyclic amines) is 1. The molecule has 140 valence electrons. The van der Waals surface area contributed by atoms with Crippen LogP contribution in [0.5, 0.6) is 5.88 Å². The molecule has 0 aliphatic carbocycles. The lowest BCUT2D eigenvalue weighted by atomic mass is 10.3. The lowest BCUT2D eigenvalue weighted by Crippen LogP contribution is -2.29. The van der Waals surface area contributed by atoms with Crippen LogP contribution in [0.4, 0.5) is 0 Å². The molecular weight excluding hydrogens is 348 g/mol. The largest absolute Gasteiger partial charge is 0.470 e. The molecule has 1 fully saturated rings. The normalized spacial score (nSPS) is 16.6. The number of aryl methyl sites for hydroxylation is 1. The maximum atomic E-state index is 12.6. The number of hydrogen-bond acceptors (Lipinski definition) is 7. The van der Waals surface area contributed by atoms with Gasteiger partial charge in [-0.1, -0.05) is 5.21 Å². The Labute approximate surface area is 155 Å². The van der Waals surface area contributed by atoms with Crippen LogP contribution in [0, 0.1) is 0 Å². The Morgan fingerprint density at radius 3 is 3.00 bits per heavy atom. The van der Waals surface area contributed by atoms with Crippen LogP contribution in [-0.2, 0) is 13.2 Å². The molecule has 4 heterocycles. The van der Waals surface area contributed by atoms with Crippen molar-refractivity contribution in [3.8, 4) is 5.88 Å². The number of rotatable bonds is 6. The number of nitrogens with zero attached hydrogens (tertiary/aromatic N) is 8. The van der Waals surface area contributed by atoms with E-state index in [1.807, 2.05) is 18.0 Å². The van der Waals surface area contributed by atoms with E-state index < -0.39 is 0 Å². The van der Waals surface area contributed by atoms with Crippen LogP contribution in [0.1, 0.15) is 35.4 Å². The van der Waals surface area contributed by atoms with E-state index in [9.17, 15) is 4.79 Å². The monoisotopic (exact) mass is 368 g/mol. The molecule has 27 heavy (non-hydrogen) atoms. The fraction of sp³-hybridized carbons (Fsp3) is 0.412. The van der Waals surface area contributed by atoms with E-state index in [1.165, 1.54) is 0 Å². The molecule has 4 rings (SSSR count). The molecule has 3 aromatic rings. The van der Waals surface area contributed by atoms with E-state index in [0.29, 0.717) is 30.2 Å². The molecule has 3 aromatic heterocycles. The van der Waals surface area contributed by atoms with Gasteiger partial charge in [0.1, 0.15) is 12.3 Å². The average molecular weight is 368 g/mol. The van der Waals surface area contributed by atoms with Crippen LogP contribution in [-0.4, -0.2) is 58.6 Å². The molecule has 0 saturated carbocycles. The third-order valence-corrected chi connectivity index (χ3v) is 4.49. The van der Waals surface area contributed by atoms with Crippen LogP contribution in [0.3, 0.4) is 0 Å². The van der Waals surface area contributed by atoms with Gasteiger partial charge in [0.25, 0.3) is 5.91 Å². The van der Waals surface area contributed by atoms with Crippen LogP contribution in [0.2, 0.25) is 0 Å². The second-order valence-electron chi connectivity index (χ2n) is 6.30. The summed E-state index contributed by atoms with van der Waals surface area (Å²) in [5.74, 6) is 0.445. The molecule has 0 radical (unpaired) electrons. The minimum atomic E-state index is 0.00326. The number of amides is 1. The van der Waals surface area contributed by atoms with Gasteiger partial charge in [-0.3, -0.25) is 14.5 Å². The molecule has 10 nitrogen and oxygen atoms in total. The zero-order valence-electron chi connectivity index (χ0n) is 15.0. The Morgan fingerprint density at radius 2 is 2.22 bits per heavy atom. The van der Waals surface area contributed by atoms with Gasteiger partial charge in [0.15, 0.2) is 0 Å². The van der Waals surface area contributed by atoms with Gasteiger partial charge in [0.2, 0.25) is 5.88 Å². The van der Waals surface area contributed by atoms with Crippen molar-refractivity contribution in [1.29, 1.82) is 0 Å². The highest BCUT2D eigenvalue weighted by Gasteiger charge is 2.29. The Morgan fingerprint density at radius 1 is 1.30 bits per heavy atom. The summed E-state index contributed by atoms with van der Waals surface area (Å²) < 4.78 is 9.09. The van der Waals surface area contributed by atoms with Gasteiger partial charge in [0, 0.05) is 38.2 Å². The van der Waals surface area contributed by atoms with E-state index in [-0.39, 0.29) is 18.6 Å². The molecular formula is C17H20N8O2. The molecule has 1 aliphatic heterocycles. The predicted molar refractivity (Wildman–Crippen MR) is 93.8 cm³/mol. The van der Waals surface area contributed by atoms with Crippen LogP contribution < -0.4 is 4.74 Å². The maximum Gasteiger partial charge on any atom is 0.257 e. The van der Waals surface area contributed by atoms with E-state index in [2.05, 4.69) is 25.4 Å². The van der Waals surface area contributed by atoms with E-state index in [0.717, 1.165) is 13.0 Å². The Bertz CT molecular complexity index is 907. The zero-order chi connectivity index (χ0) is 18.6. The molecule has 0 bridgehead atoms. The molecule has 1 unspecified atom stereocenters. The average Bonchev–Trinajstić information content (AvgIpc) is 3.46. The molecule has 1 atom stereocenters. The molecule has 10 heteroatoms. The highest BCUT2D eigenvalue weighted by atomic mass is 16.5. The SMILES string of the molecule is CCn1cc(C(=O)N2CCC(n3cc(COc4cnccn4)nn3)C2)cn1. The van der Waals surface area contributed by atoms with Gasteiger partial charge < -0.3 is 9.64 Å². The highest BCUT2D eigenvalue weighted by molar-refractivity contribution is 5.93. The van der Waals surface area contributed by atoms with Gasteiger partial charge in [-0.2, -0.15) is 5.10 Å². The van der Waals surface area contributed by atoms with E-state index in [4.69, 9.17) is 4.74 Å². The summed E-state index contributed by atoms with van der Waals surface area (Å²) in [5.41, 5.74) is 1.32. The molecule has 1 amide bonds. The number of hydrogen-bond donors (Lipinski definition) is 0. The van der Waals surface area contributed by atoms with Crippen molar-refractivity contribution >= 4 is 5.91 Å². The Hall–Kier alpha value is -3.30. The molecule has 1 saturated heterocycles. The third-order valence-electron chi connectivity index (χ3n) is 4.49. The molecule has 0 N–H and O–H groups in total. The summed E-state index contributed by atoms with van der Waals surface area (Å²) in [7, 11) is 0. The van der Waals surface area contributed by atoms with E-state index in [1.54, 1.807) is 40.3 Å². The number of carbonyl (C=O) groups excluding carboxylic acids is 1. The topological polar surface area (TPSA) is 104 Å². The molecule has 1 aliphatic rings. The number of aromatic nitrogens is 7. The number of carbonyl (C=O) groups is 1. The van der Waals surface area contributed by atoms with Crippen LogP contribution in [0.15, 0.2) is 37.2 Å². The second-order valence-corrected chi connectivity index (χ2v) is 6.30. The first kappa shape index (κ1) is 17.1. The van der Waals surface area contributed by atoms with Gasteiger partial charge in [-0.25, -0.2) is 9.67 Å².